The molecule has 0 saturated carbocycles. The van der Waals surface area contributed by atoms with Gasteiger partial charge in [-0.1, -0.05) is 56.3 Å². The number of pyridine rings is 2. The van der Waals surface area contributed by atoms with E-state index in [1.807, 2.05) is 56.3 Å². The third kappa shape index (κ3) is 6.41. The highest BCUT2D eigenvalue weighted by molar-refractivity contribution is 5.95. The Bertz CT molecular complexity index is 1150. The molecule has 1 aromatic carbocycles. The summed E-state index contributed by atoms with van der Waals surface area (Å²) in [4.78, 5) is 37.2. The molecular weight excluding hydrogens is 434 g/mol. The Morgan fingerprint density at radius 1 is 1.03 bits per heavy atom. The molecule has 5 nitrogen and oxygen atoms in total. The summed E-state index contributed by atoms with van der Waals surface area (Å²) in [6.45, 7) is 8.30. The summed E-state index contributed by atoms with van der Waals surface area (Å²) in [5, 5.41) is 0. The SMILES string of the molecule is Cc1ccc(CCC(=O)C(C)c2ccc(C(=O)Cc3ccccc3)nc2)c(N2CCC(C)CC2)n1. The number of nitrogens with zero attached hydrogens (tertiary/aromatic N) is 3. The highest BCUT2D eigenvalue weighted by Crippen LogP contribution is 2.27. The average Bonchev–Trinajstić information content (AvgIpc) is 2.88. The molecule has 35 heavy (non-hydrogen) atoms. The van der Waals surface area contributed by atoms with Crippen LogP contribution in [0.25, 0.3) is 0 Å². The number of carbonyl (C=O) groups is 2. The molecule has 3 heterocycles. The fourth-order valence-corrected chi connectivity index (χ4v) is 4.62. The minimum atomic E-state index is -0.265. The van der Waals surface area contributed by atoms with Crippen LogP contribution in [0.5, 0.6) is 0 Å². The minimum absolute atomic E-state index is 0.0202. The van der Waals surface area contributed by atoms with Crippen molar-refractivity contribution < 1.29 is 9.59 Å². The van der Waals surface area contributed by atoms with E-state index in [-0.39, 0.29) is 17.5 Å². The van der Waals surface area contributed by atoms with Crippen LogP contribution in [0.2, 0.25) is 0 Å². The van der Waals surface area contributed by atoms with Gasteiger partial charge in [0.15, 0.2) is 5.78 Å². The summed E-state index contributed by atoms with van der Waals surface area (Å²) in [6.07, 6.45) is 5.50. The second-order valence-corrected chi connectivity index (χ2v) is 9.86. The average molecular weight is 470 g/mol. The minimum Gasteiger partial charge on any atom is -0.356 e. The lowest BCUT2D eigenvalue weighted by atomic mass is 9.93. The summed E-state index contributed by atoms with van der Waals surface area (Å²) in [5.41, 5.74) is 4.40. The summed E-state index contributed by atoms with van der Waals surface area (Å²) >= 11 is 0. The number of carbonyl (C=O) groups excluding carboxylic acids is 2. The van der Waals surface area contributed by atoms with E-state index < -0.39 is 0 Å². The first-order chi connectivity index (χ1) is 16.9. The van der Waals surface area contributed by atoms with E-state index in [2.05, 4.69) is 22.9 Å². The van der Waals surface area contributed by atoms with Crippen LogP contribution in [0.3, 0.4) is 0 Å². The first-order valence-electron chi connectivity index (χ1n) is 12.7. The Morgan fingerprint density at radius 2 is 1.77 bits per heavy atom. The standard InChI is InChI=1S/C30H35N3O2/c1-21-15-17-33(18-16-21)30-25(10-9-22(2)32-30)12-14-28(34)23(3)26-11-13-27(31-20-26)29(35)19-24-7-5-4-6-8-24/h4-11,13,20-21,23H,12,14-19H2,1-3H3. The van der Waals surface area contributed by atoms with Crippen LogP contribution in [0.15, 0.2) is 60.8 Å². The van der Waals surface area contributed by atoms with Gasteiger partial charge in [0, 0.05) is 43.7 Å². The van der Waals surface area contributed by atoms with Gasteiger partial charge >= 0.3 is 0 Å². The molecule has 1 fully saturated rings. The van der Waals surface area contributed by atoms with Gasteiger partial charge in [0.25, 0.3) is 0 Å². The number of hydrogen-bond acceptors (Lipinski definition) is 5. The Labute approximate surface area is 208 Å². The van der Waals surface area contributed by atoms with Gasteiger partial charge < -0.3 is 4.90 Å². The molecule has 182 valence electrons. The lowest BCUT2D eigenvalue weighted by Gasteiger charge is -2.32. The quantitative estimate of drug-likeness (QED) is 0.373. The number of rotatable bonds is 9. The van der Waals surface area contributed by atoms with E-state index in [0.29, 0.717) is 25.0 Å². The molecule has 1 aliphatic rings. The van der Waals surface area contributed by atoms with E-state index in [1.54, 1.807) is 12.3 Å². The normalized spacial score (nSPS) is 15.1. The fraction of sp³-hybridized carbons (Fsp3) is 0.400. The van der Waals surface area contributed by atoms with Crippen molar-refractivity contribution >= 4 is 17.4 Å². The lowest BCUT2D eigenvalue weighted by Crippen LogP contribution is -2.34. The fourth-order valence-electron chi connectivity index (χ4n) is 4.62. The zero-order chi connectivity index (χ0) is 24.8. The van der Waals surface area contributed by atoms with E-state index in [0.717, 1.165) is 47.2 Å². The predicted octanol–water partition coefficient (Wildman–Crippen LogP) is 5.75. The van der Waals surface area contributed by atoms with Gasteiger partial charge in [-0.05, 0) is 60.9 Å². The largest absolute Gasteiger partial charge is 0.356 e. The van der Waals surface area contributed by atoms with Crippen molar-refractivity contribution in [2.24, 2.45) is 5.92 Å². The van der Waals surface area contributed by atoms with Gasteiger partial charge in [-0.25, -0.2) is 4.98 Å². The summed E-state index contributed by atoms with van der Waals surface area (Å²) < 4.78 is 0. The molecule has 1 aliphatic heterocycles. The number of benzene rings is 1. The van der Waals surface area contributed by atoms with Gasteiger partial charge in [0.1, 0.15) is 17.3 Å². The van der Waals surface area contributed by atoms with Crippen LogP contribution < -0.4 is 4.90 Å². The Morgan fingerprint density at radius 3 is 2.46 bits per heavy atom. The van der Waals surface area contributed by atoms with Crippen LogP contribution >= 0.6 is 0 Å². The second kappa shape index (κ2) is 11.4. The molecule has 0 radical (unpaired) electrons. The first-order valence-corrected chi connectivity index (χ1v) is 12.7. The molecule has 0 spiro atoms. The zero-order valence-corrected chi connectivity index (χ0v) is 21.0. The number of aryl methyl sites for hydroxylation is 2. The Hall–Kier alpha value is -3.34. The second-order valence-electron chi connectivity index (χ2n) is 9.86. The molecule has 0 N–H and O–H groups in total. The predicted molar refractivity (Wildman–Crippen MR) is 140 cm³/mol. The number of Topliss-reactive ketones (excluding diaryl/α,β-unsaturated/α-hetero) is 2. The number of piperidine rings is 1. The van der Waals surface area contributed by atoms with Crippen LogP contribution in [0, 0.1) is 12.8 Å². The molecule has 1 unspecified atom stereocenters. The summed E-state index contributed by atoms with van der Waals surface area (Å²) in [7, 11) is 0. The zero-order valence-electron chi connectivity index (χ0n) is 21.0. The maximum Gasteiger partial charge on any atom is 0.185 e. The van der Waals surface area contributed by atoms with Crippen molar-refractivity contribution in [2.45, 2.75) is 58.8 Å². The molecule has 5 heteroatoms. The number of aromatic nitrogens is 2. The van der Waals surface area contributed by atoms with E-state index in [1.165, 1.54) is 12.8 Å². The smallest absolute Gasteiger partial charge is 0.185 e. The van der Waals surface area contributed by atoms with Crippen LogP contribution in [-0.2, 0) is 17.6 Å². The molecule has 0 aliphatic carbocycles. The Kier molecular flexibility index (Phi) is 8.06. The molecule has 1 atom stereocenters. The lowest BCUT2D eigenvalue weighted by molar-refractivity contribution is -0.120. The van der Waals surface area contributed by atoms with Gasteiger partial charge in [-0.15, -0.1) is 0 Å². The number of anilines is 1. The van der Waals surface area contributed by atoms with Crippen molar-refractivity contribution in [1.82, 2.24) is 9.97 Å². The van der Waals surface area contributed by atoms with Crippen LogP contribution in [-0.4, -0.2) is 34.6 Å². The van der Waals surface area contributed by atoms with Gasteiger partial charge in [0.2, 0.25) is 0 Å². The molecule has 3 aromatic rings. The third-order valence-electron chi connectivity index (χ3n) is 7.08. The van der Waals surface area contributed by atoms with E-state index >= 15 is 0 Å². The van der Waals surface area contributed by atoms with Gasteiger partial charge in [-0.2, -0.15) is 0 Å². The monoisotopic (exact) mass is 469 g/mol. The molecule has 0 bridgehead atoms. The van der Waals surface area contributed by atoms with Gasteiger partial charge in [-0.3, -0.25) is 14.6 Å². The third-order valence-corrected chi connectivity index (χ3v) is 7.08. The van der Waals surface area contributed by atoms with E-state index in [4.69, 9.17) is 4.98 Å². The van der Waals surface area contributed by atoms with Crippen LogP contribution in [0.1, 0.15) is 71.9 Å². The molecule has 1 saturated heterocycles. The van der Waals surface area contributed by atoms with Crippen molar-refractivity contribution in [1.29, 1.82) is 0 Å². The highest BCUT2D eigenvalue weighted by Gasteiger charge is 2.21. The molecular formula is C30H35N3O2. The van der Waals surface area contributed by atoms with Crippen LogP contribution in [0.4, 0.5) is 5.82 Å². The summed E-state index contributed by atoms with van der Waals surface area (Å²) in [6, 6.07) is 17.4. The van der Waals surface area contributed by atoms with Gasteiger partial charge in [0.05, 0.1) is 0 Å². The molecule has 0 amide bonds. The van der Waals surface area contributed by atoms with Crippen molar-refractivity contribution in [2.75, 3.05) is 18.0 Å². The molecule has 4 rings (SSSR count). The maximum atomic E-state index is 13.0. The Balaban J connectivity index is 1.37. The van der Waals surface area contributed by atoms with Crippen molar-refractivity contribution in [3.8, 4) is 0 Å². The molecule has 2 aromatic heterocycles. The maximum absolute atomic E-state index is 13.0. The first kappa shape index (κ1) is 24.8. The van der Waals surface area contributed by atoms with Crippen molar-refractivity contribution in [3.05, 3.63) is 88.9 Å². The van der Waals surface area contributed by atoms with Crippen molar-refractivity contribution in [3.63, 3.8) is 0 Å². The highest BCUT2D eigenvalue weighted by atomic mass is 16.1. The van der Waals surface area contributed by atoms with E-state index in [9.17, 15) is 9.59 Å². The number of hydrogen-bond donors (Lipinski definition) is 0. The topological polar surface area (TPSA) is 63.2 Å². The number of ketones is 2. The summed E-state index contributed by atoms with van der Waals surface area (Å²) in [5.74, 6) is 1.69.